The number of carbonyl (C=O) groups excluding carboxylic acids is 1. The third-order valence-electron chi connectivity index (χ3n) is 5.19. The van der Waals surface area contributed by atoms with Crippen LogP contribution in [0.1, 0.15) is 36.2 Å². The maximum atomic E-state index is 12.3. The Hall–Kier alpha value is -3.74. The van der Waals surface area contributed by atoms with Crippen LogP contribution in [-0.2, 0) is 17.8 Å². The molecule has 2 aromatic heterocycles. The first-order chi connectivity index (χ1) is 15.2. The molecule has 7 heteroatoms. The van der Waals surface area contributed by atoms with Crippen molar-refractivity contribution in [1.82, 2.24) is 25.1 Å². The average molecular weight is 415 g/mol. The summed E-state index contributed by atoms with van der Waals surface area (Å²) < 4.78 is 1.70. The molecule has 0 aliphatic heterocycles. The summed E-state index contributed by atoms with van der Waals surface area (Å²) in [7, 11) is 0. The van der Waals surface area contributed by atoms with Crippen LogP contribution in [0.15, 0.2) is 72.8 Å². The highest BCUT2D eigenvalue weighted by atomic mass is 16.1. The third kappa shape index (κ3) is 5.45. The van der Waals surface area contributed by atoms with E-state index in [2.05, 4.69) is 57.1 Å². The molecule has 0 fully saturated rings. The quantitative estimate of drug-likeness (QED) is 0.437. The molecule has 0 aliphatic rings. The summed E-state index contributed by atoms with van der Waals surface area (Å²) in [5.74, 6) is 1.67. The predicted octanol–water partition coefficient (Wildman–Crippen LogP) is 3.59. The molecule has 0 saturated heterocycles. The van der Waals surface area contributed by atoms with E-state index in [0.29, 0.717) is 37.4 Å². The van der Waals surface area contributed by atoms with Gasteiger partial charge in [0.15, 0.2) is 11.5 Å². The smallest absolute Gasteiger partial charge is 0.220 e. The number of aromatic nitrogens is 4. The van der Waals surface area contributed by atoms with Crippen LogP contribution in [0, 0.1) is 0 Å². The summed E-state index contributed by atoms with van der Waals surface area (Å²) in [6, 6.07) is 24.1. The van der Waals surface area contributed by atoms with E-state index in [1.165, 1.54) is 11.1 Å². The second-order valence-corrected chi connectivity index (χ2v) is 7.56. The van der Waals surface area contributed by atoms with E-state index in [1.54, 1.807) is 4.52 Å². The number of fused-ring (bicyclic) bond motifs is 1. The van der Waals surface area contributed by atoms with Gasteiger partial charge in [0.2, 0.25) is 5.91 Å². The van der Waals surface area contributed by atoms with Gasteiger partial charge in [-0.05, 0) is 29.2 Å². The van der Waals surface area contributed by atoms with Crippen LogP contribution in [0.3, 0.4) is 0 Å². The molecule has 0 saturated carbocycles. The Labute approximate surface area is 181 Å². The molecule has 0 bridgehead atoms. The molecule has 1 atom stereocenters. The molecule has 7 nitrogen and oxygen atoms in total. The summed E-state index contributed by atoms with van der Waals surface area (Å²) in [4.78, 5) is 12.3. The van der Waals surface area contributed by atoms with E-state index in [1.807, 2.05) is 48.5 Å². The Kier molecular flexibility index (Phi) is 6.52. The lowest BCUT2D eigenvalue weighted by molar-refractivity contribution is -0.121. The van der Waals surface area contributed by atoms with Crippen LogP contribution in [0.5, 0.6) is 0 Å². The molecule has 0 aliphatic carbocycles. The van der Waals surface area contributed by atoms with E-state index in [0.717, 1.165) is 5.82 Å². The van der Waals surface area contributed by atoms with Gasteiger partial charge in [0, 0.05) is 25.9 Å². The highest BCUT2D eigenvalue weighted by molar-refractivity contribution is 5.76. The van der Waals surface area contributed by atoms with Gasteiger partial charge >= 0.3 is 0 Å². The Morgan fingerprint density at radius 1 is 0.968 bits per heavy atom. The van der Waals surface area contributed by atoms with Crippen molar-refractivity contribution >= 4 is 17.4 Å². The fraction of sp³-hybridized carbons (Fsp3) is 0.250. The summed E-state index contributed by atoms with van der Waals surface area (Å²) in [6.45, 7) is 3.39. The molecule has 2 aromatic carbocycles. The molecule has 4 aromatic rings. The lowest BCUT2D eigenvalue weighted by Crippen LogP contribution is -2.27. The average Bonchev–Trinajstić information content (AvgIpc) is 3.23. The van der Waals surface area contributed by atoms with Crippen LogP contribution >= 0.6 is 0 Å². The monoisotopic (exact) mass is 414 g/mol. The lowest BCUT2D eigenvalue weighted by Gasteiger charge is -2.12. The molecule has 158 valence electrons. The van der Waals surface area contributed by atoms with Gasteiger partial charge in [-0.3, -0.25) is 4.79 Å². The number of hydrogen-bond acceptors (Lipinski definition) is 5. The first-order valence-electron chi connectivity index (χ1n) is 10.5. The summed E-state index contributed by atoms with van der Waals surface area (Å²) in [6.07, 6.45) is 0.813. The van der Waals surface area contributed by atoms with Gasteiger partial charge in [0.25, 0.3) is 0 Å². The van der Waals surface area contributed by atoms with Crippen LogP contribution in [-0.4, -0.2) is 32.3 Å². The van der Waals surface area contributed by atoms with Crippen molar-refractivity contribution in [1.29, 1.82) is 0 Å². The summed E-state index contributed by atoms with van der Waals surface area (Å²) in [5, 5.41) is 19.3. The molecule has 2 N–H and O–H groups in total. The number of anilines is 1. The zero-order chi connectivity index (χ0) is 21.5. The molecule has 1 unspecified atom stereocenters. The first kappa shape index (κ1) is 20.5. The summed E-state index contributed by atoms with van der Waals surface area (Å²) in [5.41, 5.74) is 3.05. The third-order valence-corrected chi connectivity index (χ3v) is 5.19. The maximum Gasteiger partial charge on any atom is 0.220 e. The molecular formula is C24H26N6O. The summed E-state index contributed by atoms with van der Waals surface area (Å²) >= 11 is 0. The standard InChI is InChI=1S/C24H26N6O/c1-18(20-10-6-3-7-11-20)16-26-24(31)15-14-23-28-27-22-13-12-21(29-30(22)23)25-17-19-8-4-2-5-9-19/h2-13,18H,14-17H2,1H3,(H,25,29)(H,26,31). The molecule has 1 amide bonds. The molecule has 0 spiro atoms. The zero-order valence-electron chi connectivity index (χ0n) is 17.5. The van der Waals surface area contributed by atoms with Gasteiger partial charge in [0.1, 0.15) is 5.82 Å². The number of nitrogens with one attached hydrogen (secondary N) is 2. The van der Waals surface area contributed by atoms with Crippen molar-refractivity contribution in [3.05, 3.63) is 89.7 Å². The van der Waals surface area contributed by atoms with Gasteiger partial charge < -0.3 is 10.6 Å². The van der Waals surface area contributed by atoms with E-state index < -0.39 is 0 Å². The highest BCUT2D eigenvalue weighted by Crippen LogP contribution is 2.13. The number of aryl methyl sites for hydroxylation is 1. The molecule has 4 rings (SSSR count). The van der Waals surface area contributed by atoms with Gasteiger partial charge in [-0.2, -0.15) is 4.52 Å². The number of rotatable bonds is 9. The predicted molar refractivity (Wildman–Crippen MR) is 121 cm³/mol. The zero-order valence-corrected chi connectivity index (χ0v) is 17.5. The van der Waals surface area contributed by atoms with Crippen LogP contribution in [0.25, 0.3) is 5.65 Å². The van der Waals surface area contributed by atoms with E-state index in [-0.39, 0.29) is 11.8 Å². The number of benzene rings is 2. The normalized spacial score (nSPS) is 11.9. The minimum absolute atomic E-state index is 0.00196. The Balaban J connectivity index is 1.32. The second-order valence-electron chi connectivity index (χ2n) is 7.56. The van der Waals surface area contributed by atoms with Crippen molar-refractivity contribution in [3.8, 4) is 0 Å². The Morgan fingerprint density at radius 3 is 2.48 bits per heavy atom. The van der Waals surface area contributed by atoms with E-state index in [4.69, 9.17) is 0 Å². The Morgan fingerprint density at radius 2 is 1.71 bits per heavy atom. The van der Waals surface area contributed by atoms with Gasteiger partial charge in [-0.1, -0.05) is 67.6 Å². The van der Waals surface area contributed by atoms with Crippen LogP contribution < -0.4 is 10.6 Å². The van der Waals surface area contributed by atoms with Gasteiger partial charge in [0.05, 0.1) is 0 Å². The van der Waals surface area contributed by atoms with Crippen molar-refractivity contribution in [2.24, 2.45) is 0 Å². The fourth-order valence-corrected chi connectivity index (χ4v) is 3.35. The fourth-order valence-electron chi connectivity index (χ4n) is 3.35. The number of nitrogens with zero attached hydrogens (tertiary/aromatic N) is 4. The van der Waals surface area contributed by atoms with Gasteiger partial charge in [-0.25, -0.2) is 0 Å². The number of carbonyl (C=O) groups is 1. The molecule has 0 radical (unpaired) electrons. The number of amides is 1. The SMILES string of the molecule is CC(CNC(=O)CCc1nnc2ccc(NCc3ccccc3)nn12)c1ccccc1. The van der Waals surface area contributed by atoms with E-state index >= 15 is 0 Å². The Bertz CT molecular complexity index is 1130. The first-order valence-corrected chi connectivity index (χ1v) is 10.5. The highest BCUT2D eigenvalue weighted by Gasteiger charge is 2.12. The molecule has 2 heterocycles. The largest absolute Gasteiger partial charge is 0.365 e. The van der Waals surface area contributed by atoms with Gasteiger partial charge in [-0.15, -0.1) is 15.3 Å². The minimum atomic E-state index is -0.00196. The number of hydrogen-bond donors (Lipinski definition) is 2. The van der Waals surface area contributed by atoms with Crippen molar-refractivity contribution in [2.75, 3.05) is 11.9 Å². The van der Waals surface area contributed by atoms with Crippen LogP contribution in [0.2, 0.25) is 0 Å². The van der Waals surface area contributed by atoms with Crippen LogP contribution in [0.4, 0.5) is 5.82 Å². The maximum absolute atomic E-state index is 12.3. The topological polar surface area (TPSA) is 84.2 Å². The minimum Gasteiger partial charge on any atom is -0.365 e. The van der Waals surface area contributed by atoms with E-state index in [9.17, 15) is 4.79 Å². The molecular weight excluding hydrogens is 388 g/mol. The van der Waals surface area contributed by atoms with Crippen molar-refractivity contribution in [3.63, 3.8) is 0 Å². The second kappa shape index (κ2) is 9.84. The van der Waals surface area contributed by atoms with Crippen molar-refractivity contribution < 1.29 is 4.79 Å². The molecule has 31 heavy (non-hydrogen) atoms. The lowest BCUT2D eigenvalue weighted by atomic mass is 10.0. The van der Waals surface area contributed by atoms with Crippen molar-refractivity contribution in [2.45, 2.75) is 32.2 Å².